The minimum Gasteiger partial charge on any atom is -0.549 e. The summed E-state index contributed by atoms with van der Waals surface area (Å²) in [5.41, 5.74) is 0. The van der Waals surface area contributed by atoms with Gasteiger partial charge in [-0.25, -0.2) is 4.67 Å². The fourth-order valence-corrected chi connectivity index (χ4v) is 5.51. The van der Waals surface area contributed by atoms with Crippen LogP contribution in [-0.4, -0.2) is 36.9 Å². The maximum atomic E-state index is 13.7. The first-order chi connectivity index (χ1) is 11.4. The second-order valence-corrected chi connectivity index (χ2v) is 8.78. The number of rotatable bonds is 6. The Morgan fingerprint density at radius 2 is 2.08 bits per heavy atom. The average Bonchev–Trinajstić information content (AvgIpc) is 2.68. The van der Waals surface area contributed by atoms with E-state index in [0.29, 0.717) is 23.6 Å². The smallest absolute Gasteiger partial charge is 0.302 e. The molecule has 2 atom stereocenters. The van der Waals surface area contributed by atoms with E-state index in [-0.39, 0.29) is 6.04 Å². The van der Waals surface area contributed by atoms with Crippen molar-refractivity contribution in [2.24, 2.45) is 5.92 Å². The third kappa shape index (κ3) is 4.38. The highest BCUT2D eigenvalue weighted by Crippen LogP contribution is 2.53. The Hall–Kier alpha value is -1.36. The number of benzene rings is 1. The summed E-state index contributed by atoms with van der Waals surface area (Å²) in [6, 6.07) is 6.66. The number of carbonyl (C=O) groups excluding carboxylic acids is 1. The molecule has 2 rings (SSSR count). The summed E-state index contributed by atoms with van der Waals surface area (Å²) in [4.78, 5) is 11.3. The van der Waals surface area contributed by atoms with E-state index in [0.717, 1.165) is 19.3 Å². The molecule has 1 aliphatic heterocycles. The molecule has 1 fully saturated rings. The molecule has 0 aromatic heterocycles. The highest BCUT2D eigenvalue weighted by atomic mass is 31.2. The van der Waals surface area contributed by atoms with Crippen molar-refractivity contribution in [2.45, 2.75) is 39.2 Å². The number of carbonyl (C=O) groups is 1. The van der Waals surface area contributed by atoms with Crippen LogP contribution in [0.2, 0.25) is 0 Å². The fourth-order valence-electron chi connectivity index (χ4n) is 3.08. The summed E-state index contributed by atoms with van der Waals surface area (Å²) >= 11 is 0. The standard InChI is InChI=1S/C17H26NO5P/c1-13(2)11-14-5-4-10-23-24(21,18(14)12-17(19)20)16-8-6-15(22-3)7-9-16/h6-9,13-14H,4-5,10-12H2,1-3H3,(H,19,20)/p-1. The molecule has 1 aliphatic rings. The second-order valence-electron chi connectivity index (χ2n) is 6.45. The lowest BCUT2D eigenvalue weighted by atomic mass is 10.00. The van der Waals surface area contributed by atoms with E-state index >= 15 is 0 Å². The van der Waals surface area contributed by atoms with Gasteiger partial charge in [0.15, 0.2) is 0 Å². The predicted molar refractivity (Wildman–Crippen MR) is 90.4 cm³/mol. The molecule has 0 saturated carbocycles. The summed E-state index contributed by atoms with van der Waals surface area (Å²) < 4.78 is 26.1. The topological polar surface area (TPSA) is 78.9 Å². The number of carboxylic acid groups (broad SMARTS) is 1. The van der Waals surface area contributed by atoms with Gasteiger partial charge in [-0.15, -0.1) is 0 Å². The maximum absolute atomic E-state index is 13.7. The van der Waals surface area contributed by atoms with E-state index in [9.17, 15) is 14.5 Å². The lowest BCUT2D eigenvalue weighted by Gasteiger charge is -2.36. The number of hydrogen-bond donors (Lipinski definition) is 0. The molecule has 7 heteroatoms. The zero-order chi connectivity index (χ0) is 17.7. The van der Waals surface area contributed by atoms with Gasteiger partial charge in [0.2, 0.25) is 0 Å². The maximum Gasteiger partial charge on any atom is 0.302 e. The average molecular weight is 354 g/mol. The normalized spacial score (nSPS) is 25.4. The van der Waals surface area contributed by atoms with Crippen LogP contribution in [0, 0.1) is 5.92 Å². The van der Waals surface area contributed by atoms with Crippen molar-refractivity contribution in [2.75, 3.05) is 20.3 Å². The van der Waals surface area contributed by atoms with E-state index in [2.05, 4.69) is 13.8 Å². The largest absolute Gasteiger partial charge is 0.549 e. The van der Waals surface area contributed by atoms with Gasteiger partial charge >= 0.3 is 7.52 Å². The van der Waals surface area contributed by atoms with Crippen LogP contribution in [0.3, 0.4) is 0 Å². The summed E-state index contributed by atoms with van der Waals surface area (Å²) in [5, 5.41) is 11.8. The monoisotopic (exact) mass is 354 g/mol. The van der Waals surface area contributed by atoms with Crippen LogP contribution in [0.25, 0.3) is 0 Å². The van der Waals surface area contributed by atoms with Gasteiger partial charge in [0, 0.05) is 12.6 Å². The molecular formula is C17H25NO5P-. The molecule has 0 aliphatic carbocycles. The molecule has 1 saturated heterocycles. The molecule has 2 unspecified atom stereocenters. The number of aliphatic carboxylic acids is 1. The van der Waals surface area contributed by atoms with Crippen molar-refractivity contribution in [3.8, 4) is 5.75 Å². The van der Waals surface area contributed by atoms with Crippen LogP contribution >= 0.6 is 7.52 Å². The van der Waals surface area contributed by atoms with Gasteiger partial charge in [-0.05, 0) is 49.4 Å². The first-order valence-electron chi connectivity index (χ1n) is 8.23. The van der Waals surface area contributed by atoms with Crippen molar-refractivity contribution in [1.82, 2.24) is 4.67 Å². The van der Waals surface area contributed by atoms with Crippen molar-refractivity contribution in [3.05, 3.63) is 24.3 Å². The quantitative estimate of drug-likeness (QED) is 0.725. The fraction of sp³-hybridized carbons (Fsp3) is 0.588. The van der Waals surface area contributed by atoms with Gasteiger partial charge in [0.1, 0.15) is 5.75 Å². The minimum atomic E-state index is -3.46. The Bertz CT molecular complexity index is 602. The molecule has 1 aromatic carbocycles. The zero-order valence-electron chi connectivity index (χ0n) is 14.4. The van der Waals surface area contributed by atoms with Crippen molar-refractivity contribution in [3.63, 3.8) is 0 Å². The van der Waals surface area contributed by atoms with Crippen LogP contribution in [0.1, 0.15) is 33.1 Å². The van der Waals surface area contributed by atoms with E-state index in [1.165, 1.54) is 4.67 Å². The molecular weight excluding hydrogens is 329 g/mol. The van der Waals surface area contributed by atoms with E-state index < -0.39 is 20.0 Å². The van der Waals surface area contributed by atoms with E-state index in [4.69, 9.17) is 9.26 Å². The number of methoxy groups -OCH3 is 1. The molecule has 6 nitrogen and oxygen atoms in total. The Morgan fingerprint density at radius 1 is 1.42 bits per heavy atom. The molecule has 24 heavy (non-hydrogen) atoms. The molecule has 0 bridgehead atoms. The summed E-state index contributed by atoms with van der Waals surface area (Å²) in [6.45, 7) is 4.09. The van der Waals surface area contributed by atoms with Gasteiger partial charge in [-0.2, -0.15) is 0 Å². The Morgan fingerprint density at radius 3 is 2.62 bits per heavy atom. The van der Waals surface area contributed by atoms with Gasteiger partial charge in [-0.1, -0.05) is 13.8 Å². The predicted octanol–water partition coefficient (Wildman–Crippen LogP) is 1.79. The summed E-state index contributed by atoms with van der Waals surface area (Å²) in [6.07, 6.45) is 2.27. The first-order valence-corrected chi connectivity index (χ1v) is 9.80. The van der Waals surface area contributed by atoms with E-state index in [1.807, 2.05) is 0 Å². The van der Waals surface area contributed by atoms with Crippen molar-refractivity contribution >= 4 is 18.8 Å². The summed E-state index contributed by atoms with van der Waals surface area (Å²) in [7, 11) is -1.90. The zero-order valence-corrected chi connectivity index (χ0v) is 15.3. The molecule has 0 spiro atoms. The third-order valence-corrected chi connectivity index (χ3v) is 6.77. The molecule has 0 radical (unpaired) electrons. The summed E-state index contributed by atoms with van der Waals surface area (Å²) in [5.74, 6) is -0.241. The Labute approximate surface area is 143 Å². The Kier molecular flexibility index (Phi) is 6.44. The van der Waals surface area contributed by atoms with Crippen molar-refractivity contribution in [1.29, 1.82) is 0 Å². The van der Waals surface area contributed by atoms with Gasteiger partial charge in [0.05, 0.1) is 25.0 Å². The van der Waals surface area contributed by atoms with Crippen LogP contribution in [0.4, 0.5) is 0 Å². The molecule has 134 valence electrons. The highest BCUT2D eigenvalue weighted by Gasteiger charge is 2.40. The van der Waals surface area contributed by atoms with E-state index in [1.54, 1.807) is 31.4 Å². The molecule has 1 aromatic rings. The molecule has 0 N–H and O–H groups in total. The lowest BCUT2D eigenvalue weighted by Crippen LogP contribution is -2.43. The van der Waals surface area contributed by atoms with Crippen LogP contribution in [0.5, 0.6) is 5.75 Å². The van der Waals surface area contributed by atoms with Gasteiger partial charge in [0.25, 0.3) is 0 Å². The van der Waals surface area contributed by atoms with Crippen molar-refractivity contribution < 1.29 is 23.7 Å². The minimum absolute atomic E-state index is 0.113. The van der Waals surface area contributed by atoms with Crippen LogP contribution in [-0.2, 0) is 13.9 Å². The molecule has 1 heterocycles. The molecule has 0 amide bonds. The van der Waals surface area contributed by atoms with Gasteiger partial charge < -0.3 is 19.2 Å². The third-order valence-electron chi connectivity index (χ3n) is 4.14. The van der Waals surface area contributed by atoms with Crippen LogP contribution in [0.15, 0.2) is 24.3 Å². The number of carboxylic acids is 1. The van der Waals surface area contributed by atoms with Crippen LogP contribution < -0.4 is 15.1 Å². The van der Waals surface area contributed by atoms with Gasteiger partial charge in [-0.3, -0.25) is 4.57 Å². The highest BCUT2D eigenvalue weighted by molar-refractivity contribution is 7.64. The number of hydrogen-bond acceptors (Lipinski definition) is 5. The number of nitrogens with zero attached hydrogens (tertiary/aromatic N) is 1. The number of ether oxygens (including phenoxy) is 1. The second kappa shape index (κ2) is 8.15. The Balaban J connectivity index is 2.43. The lowest BCUT2D eigenvalue weighted by molar-refractivity contribution is -0.305. The SMILES string of the molecule is COc1ccc(P2(=O)OCCCC(CC(C)C)N2CC(=O)[O-])cc1. The first kappa shape index (κ1) is 19.0.